The molecule has 1 aliphatic carbocycles. The molecular weight excluding hydrogens is 320 g/mol. The zero-order valence-electron chi connectivity index (χ0n) is 14.6. The summed E-state index contributed by atoms with van der Waals surface area (Å²) in [5, 5.41) is 0. The Labute approximate surface area is 147 Å². The molecule has 0 bridgehead atoms. The van der Waals surface area contributed by atoms with Crippen molar-refractivity contribution in [2.45, 2.75) is 51.4 Å². The number of Topliss-reactive ketones (excluding diaryl/α,β-unsaturated/α-hetero) is 1. The fraction of sp³-hybridized carbons (Fsp3) is 0.632. The zero-order chi connectivity index (χ0) is 17.6. The molecule has 1 saturated carbocycles. The number of carbonyl (C=O) groups is 3. The fourth-order valence-electron chi connectivity index (χ4n) is 3.69. The lowest BCUT2D eigenvalue weighted by molar-refractivity contribution is -0.142. The molecule has 1 amide bonds. The van der Waals surface area contributed by atoms with Crippen LogP contribution in [0, 0.1) is 5.92 Å². The van der Waals surface area contributed by atoms with Gasteiger partial charge < -0.3 is 14.6 Å². The number of aromatic amines is 1. The second kappa shape index (κ2) is 8.32. The molecule has 1 aromatic heterocycles. The first-order valence-corrected chi connectivity index (χ1v) is 9.30. The van der Waals surface area contributed by atoms with Gasteiger partial charge in [0.2, 0.25) is 5.78 Å². The topological polar surface area (TPSA) is 79.5 Å². The van der Waals surface area contributed by atoms with E-state index in [1.165, 1.54) is 31.9 Å². The molecule has 0 radical (unpaired) electrons. The highest BCUT2D eigenvalue weighted by molar-refractivity contribution is 6.01. The van der Waals surface area contributed by atoms with Crippen molar-refractivity contribution in [2.24, 2.45) is 5.92 Å². The van der Waals surface area contributed by atoms with Gasteiger partial charge in [0, 0.05) is 31.3 Å². The molecule has 0 atom stereocenters. The first-order valence-electron chi connectivity index (χ1n) is 9.30. The Balaban J connectivity index is 1.43. The number of esters is 1. The number of ketones is 1. The van der Waals surface area contributed by atoms with Crippen LogP contribution in [0.15, 0.2) is 12.3 Å². The minimum Gasteiger partial charge on any atom is -0.457 e. The van der Waals surface area contributed by atoms with Gasteiger partial charge in [0.25, 0.3) is 5.91 Å². The first kappa shape index (κ1) is 17.7. The van der Waals surface area contributed by atoms with Crippen LogP contribution in [0.2, 0.25) is 0 Å². The monoisotopic (exact) mass is 346 g/mol. The third-order valence-electron chi connectivity index (χ3n) is 5.22. The smallest absolute Gasteiger partial charge is 0.306 e. The van der Waals surface area contributed by atoms with Crippen LogP contribution in [0.3, 0.4) is 0 Å². The normalized spacial score (nSPS) is 17.8. The largest absolute Gasteiger partial charge is 0.457 e. The molecule has 136 valence electrons. The maximum absolute atomic E-state index is 12.3. The molecule has 1 N–H and O–H groups in total. The molecule has 1 aliphatic heterocycles. The Kier molecular flexibility index (Phi) is 5.89. The van der Waals surface area contributed by atoms with Gasteiger partial charge in [0.15, 0.2) is 6.61 Å². The average molecular weight is 346 g/mol. The van der Waals surface area contributed by atoms with Crippen molar-refractivity contribution in [3.05, 3.63) is 23.5 Å². The molecule has 2 heterocycles. The number of nitrogens with zero attached hydrogens (tertiary/aromatic N) is 1. The van der Waals surface area contributed by atoms with Crippen molar-refractivity contribution in [3.8, 4) is 0 Å². The van der Waals surface area contributed by atoms with Crippen molar-refractivity contribution in [1.82, 2.24) is 9.88 Å². The van der Waals surface area contributed by atoms with Gasteiger partial charge >= 0.3 is 5.97 Å². The summed E-state index contributed by atoms with van der Waals surface area (Å²) in [6, 6.07) is 1.55. The van der Waals surface area contributed by atoms with Crippen molar-refractivity contribution in [2.75, 3.05) is 19.7 Å². The molecular formula is C19H26N2O4. The summed E-state index contributed by atoms with van der Waals surface area (Å²) in [6.07, 6.45) is 9.69. The zero-order valence-corrected chi connectivity index (χ0v) is 14.6. The number of carbonyl (C=O) groups excluding carboxylic acids is 3. The Bertz CT molecular complexity index is 625. The van der Waals surface area contributed by atoms with Crippen LogP contribution >= 0.6 is 0 Å². The lowest BCUT2D eigenvalue weighted by atomic mass is 10.0. The third kappa shape index (κ3) is 4.71. The Morgan fingerprint density at radius 2 is 1.84 bits per heavy atom. The van der Waals surface area contributed by atoms with Crippen molar-refractivity contribution >= 4 is 17.7 Å². The highest BCUT2D eigenvalue weighted by Gasteiger charge is 2.22. The molecule has 6 nitrogen and oxygen atoms in total. The van der Waals surface area contributed by atoms with E-state index in [4.69, 9.17) is 4.74 Å². The van der Waals surface area contributed by atoms with Crippen molar-refractivity contribution in [1.29, 1.82) is 0 Å². The van der Waals surface area contributed by atoms with E-state index in [0.717, 1.165) is 32.4 Å². The van der Waals surface area contributed by atoms with Gasteiger partial charge in [-0.1, -0.05) is 25.7 Å². The van der Waals surface area contributed by atoms with Gasteiger partial charge in [0.1, 0.15) is 5.69 Å². The summed E-state index contributed by atoms with van der Waals surface area (Å²) < 4.78 is 5.09. The molecule has 2 aliphatic rings. The van der Waals surface area contributed by atoms with E-state index in [0.29, 0.717) is 23.6 Å². The van der Waals surface area contributed by atoms with E-state index in [1.54, 1.807) is 11.0 Å². The number of likely N-dealkylation sites (tertiary alicyclic amines) is 1. The predicted molar refractivity (Wildman–Crippen MR) is 92.4 cm³/mol. The van der Waals surface area contributed by atoms with E-state index in [9.17, 15) is 14.4 Å². The second-order valence-corrected chi connectivity index (χ2v) is 7.07. The maximum Gasteiger partial charge on any atom is 0.306 e. The number of H-pyrrole nitrogens is 1. The Hall–Kier alpha value is -2.11. The minimum atomic E-state index is -0.316. The lowest BCUT2D eigenvalue weighted by Gasteiger charge is -2.13. The van der Waals surface area contributed by atoms with Crippen molar-refractivity contribution < 1.29 is 19.1 Å². The highest BCUT2D eigenvalue weighted by atomic mass is 16.5. The molecule has 2 fully saturated rings. The molecule has 1 aromatic rings. The van der Waals surface area contributed by atoms with Crippen LogP contribution in [0.4, 0.5) is 0 Å². The molecule has 1 saturated heterocycles. The van der Waals surface area contributed by atoms with Gasteiger partial charge in [-0.3, -0.25) is 14.4 Å². The van der Waals surface area contributed by atoms with Crippen LogP contribution < -0.4 is 0 Å². The van der Waals surface area contributed by atoms with Gasteiger partial charge in [-0.25, -0.2) is 0 Å². The summed E-state index contributed by atoms with van der Waals surface area (Å²) in [5.74, 6) is -0.0488. The number of aromatic nitrogens is 1. The average Bonchev–Trinajstić information content (AvgIpc) is 3.38. The van der Waals surface area contributed by atoms with Gasteiger partial charge in [-0.2, -0.15) is 0 Å². The predicted octanol–water partition coefficient (Wildman–Crippen LogP) is 2.95. The van der Waals surface area contributed by atoms with E-state index in [1.807, 2.05) is 0 Å². The number of ether oxygens (including phenoxy) is 1. The maximum atomic E-state index is 12.3. The summed E-state index contributed by atoms with van der Waals surface area (Å²) in [7, 11) is 0. The number of rotatable bonds is 7. The van der Waals surface area contributed by atoms with Crippen molar-refractivity contribution in [3.63, 3.8) is 0 Å². The van der Waals surface area contributed by atoms with Gasteiger partial charge in [-0.15, -0.1) is 0 Å². The number of nitrogens with one attached hydrogen (secondary N) is 1. The molecule has 0 unspecified atom stereocenters. The number of hydrogen-bond acceptors (Lipinski definition) is 4. The van der Waals surface area contributed by atoms with Crippen LogP contribution in [0.5, 0.6) is 0 Å². The number of hydrogen-bond donors (Lipinski definition) is 1. The molecule has 25 heavy (non-hydrogen) atoms. The summed E-state index contributed by atoms with van der Waals surface area (Å²) in [5.41, 5.74) is 0.795. The van der Waals surface area contributed by atoms with E-state index >= 15 is 0 Å². The summed E-state index contributed by atoms with van der Waals surface area (Å²) in [4.78, 5) is 40.8. The van der Waals surface area contributed by atoms with Crippen LogP contribution in [-0.2, 0) is 9.53 Å². The standard InChI is InChI=1S/C19H26N2O4/c22-17(13-25-18(23)8-7-14-5-1-2-6-14)15-11-16(20-12-15)19(24)21-9-3-4-10-21/h11-12,14,20H,1-10,13H2. The molecule has 0 aromatic carbocycles. The van der Waals surface area contributed by atoms with Crippen LogP contribution in [-0.4, -0.2) is 47.2 Å². The van der Waals surface area contributed by atoms with Gasteiger partial charge in [0.05, 0.1) is 0 Å². The quantitative estimate of drug-likeness (QED) is 0.608. The molecule has 3 rings (SSSR count). The number of amides is 1. The van der Waals surface area contributed by atoms with Gasteiger partial charge in [-0.05, 0) is 31.2 Å². The second-order valence-electron chi connectivity index (χ2n) is 7.07. The van der Waals surface area contributed by atoms with Crippen LogP contribution in [0.1, 0.15) is 72.2 Å². The highest BCUT2D eigenvalue weighted by Crippen LogP contribution is 2.28. The fourth-order valence-corrected chi connectivity index (χ4v) is 3.69. The van der Waals surface area contributed by atoms with E-state index in [-0.39, 0.29) is 24.3 Å². The SMILES string of the molecule is O=C(CCC1CCCC1)OCC(=O)c1c[nH]c(C(=O)N2CCCC2)c1. The van der Waals surface area contributed by atoms with E-state index in [2.05, 4.69) is 4.98 Å². The summed E-state index contributed by atoms with van der Waals surface area (Å²) in [6.45, 7) is 1.26. The van der Waals surface area contributed by atoms with Crippen LogP contribution in [0.25, 0.3) is 0 Å². The Morgan fingerprint density at radius 3 is 2.56 bits per heavy atom. The third-order valence-corrected chi connectivity index (χ3v) is 5.22. The molecule has 0 spiro atoms. The van der Waals surface area contributed by atoms with E-state index < -0.39 is 0 Å². The Morgan fingerprint density at radius 1 is 1.12 bits per heavy atom. The summed E-state index contributed by atoms with van der Waals surface area (Å²) >= 11 is 0. The minimum absolute atomic E-state index is 0.0786. The molecule has 6 heteroatoms. The lowest BCUT2D eigenvalue weighted by Crippen LogP contribution is -2.27. The first-order chi connectivity index (χ1) is 12.1.